The first-order valence-corrected chi connectivity index (χ1v) is 8.20. The van der Waals surface area contributed by atoms with E-state index in [9.17, 15) is 18.0 Å². The Balaban J connectivity index is 1.87. The fraction of sp³-hybridized carbons (Fsp3) is 0.750. The average Bonchev–Trinajstić information content (AvgIpc) is 2.86. The number of oxazole rings is 1. The maximum Gasteiger partial charge on any atom is 0.401 e. The van der Waals surface area contributed by atoms with E-state index in [4.69, 9.17) is 4.42 Å². The third-order valence-corrected chi connectivity index (χ3v) is 4.08. The van der Waals surface area contributed by atoms with Gasteiger partial charge in [-0.3, -0.25) is 9.69 Å². The van der Waals surface area contributed by atoms with Crippen LogP contribution in [-0.4, -0.2) is 48.1 Å². The second-order valence-electron chi connectivity index (χ2n) is 6.68. The van der Waals surface area contributed by atoms with Gasteiger partial charge in [0, 0.05) is 19.0 Å². The molecule has 136 valence electrons. The van der Waals surface area contributed by atoms with E-state index in [2.05, 4.69) is 10.3 Å². The summed E-state index contributed by atoms with van der Waals surface area (Å²) >= 11 is 0. The zero-order valence-electron chi connectivity index (χ0n) is 14.2. The van der Waals surface area contributed by atoms with Crippen molar-refractivity contribution in [3.8, 4) is 0 Å². The normalized spacial score (nSPS) is 19.7. The highest BCUT2D eigenvalue weighted by molar-refractivity contribution is 5.93. The van der Waals surface area contributed by atoms with Gasteiger partial charge in [-0.15, -0.1) is 0 Å². The number of alkyl halides is 3. The summed E-state index contributed by atoms with van der Waals surface area (Å²) in [5, 5.41) is 2.78. The molecule has 0 unspecified atom stereocenters. The molecule has 1 N–H and O–H groups in total. The Kier molecular flexibility index (Phi) is 5.90. The summed E-state index contributed by atoms with van der Waals surface area (Å²) < 4.78 is 42.9. The average molecular weight is 347 g/mol. The lowest BCUT2D eigenvalue weighted by molar-refractivity contribution is -0.149. The van der Waals surface area contributed by atoms with Gasteiger partial charge in [0.05, 0.1) is 6.54 Å². The Bertz CT molecular complexity index is 569. The summed E-state index contributed by atoms with van der Waals surface area (Å²) in [6, 6.07) is 0. The van der Waals surface area contributed by atoms with Gasteiger partial charge in [-0.1, -0.05) is 13.8 Å². The van der Waals surface area contributed by atoms with Crippen LogP contribution in [0.3, 0.4) is 0 Å². The summed E-state index contributed by atoms with van der Waals surface area (Å²) in [6.07, 6.45) is -2.67. The topological polar surface area (TPSA) is 58.4 Å². The molecular weight excluding hydrogens is 323 g/mol. The van der Waals surface area contributed by atoms with Gasteiger partial charge >= 0.3 is 6.18 Å². The van der Waals surface area contributed by atoms with Gasteiger partial charge in [-0.05, 0) is 32.2 Å². The van der Waals surface area contributed by atoms with Crippen molar-refractivity contribution >= 4 is 5.91 Å². The SMILES string of the molecule is Cc1oc(C(C)C)nc1C(=O)NC[C@H]1CCCN(CC(F)(F)F)C1. The molecule has 0 bridgehead atoms. The Morgan fingerprint density at radius 3 is 2.75 bits per heavy atom. The van der Waals surface area contributed by atoms with Crippen molar-refractivity contribution in [3.05, 3.63) is 17.3 Å². The second-order valence-corrected chi connectivity index (χ2v) is 6.68. The van der Waals surface area contributed by atoms with Crippen LogP contribution >= 0.6 is 0 Å². The van der Waals surface area contributed by atoms with Gasteiger partial charge in [0.25, 0.3) is 5.91 Å². The van der Waals surface area contributed by atoms with E-state index in [1.54, 1.807) is 6.92 Å². The van der Waals surface area contributed by atoms with Crippen LogP contribution in [0.25, 0.3) is 0 Å². The molecule has 1 atom stereocenters. The Morgan fingerprint density at radius 1 is 1.46 bits per heavy atom. The van der Waals surface area contributed by atoms with Crippen LogP contribution in [0.2, 0.25) is 0 Å². The maximum absolute atomic E-state index is 12.5. The van der Waals surface area contributed by atoms with Crippen molar-refractivity contribution in [3.63, 3.8) is 0 Å². The summed E-state index contributed by atoms with van der Waals surface area (Å²) in [7, 11) is 0. The first kappa shape index (κ1) is 18.8. The molecule has 5 nitrogen and oxygen atoms in total. The number of amides is 1. The predicted octanol–water partition coefficient (Wildman–Crippen LogP) is 3.11. The van der Waals surface area contributed by atoms with Crippen molar-refractivity contribution < 1.29 is 22.4 Å². The molecule has 2 rings (SSSR count). The van der Waals surface area contributed by atoms with Crippen LogP contribution in [-0.2, 0) is 0 Å². The number of aryl methyl sites for hydroxylation is 1. The molecule has 1 saturated heterocycles. The molecule has 0 aromatic carbocycles. The van der Waals surface area contributed by atoms with Gasteiger partial charge < -0.3 is 9.73 Å². The van der Waals surface area contributed by atoms with Crippen molar-refractivity contribution in [2.45, 2.75) is 45.7 Å². The zero-order chi connectivity index (χ0) is 17.9. The standard InChI is InChI=1S/C16H24F3N3O2/c1-10(2)15-21-13(11(3)24-15)14(23)20-7-12-5-4-6-22(8-12)9-16(17,18)19/h10,12H,4-9H2,1-3H3,(H,20,23)/t12-/m1/s1. The molecule has 1 aromatic rings. The quantitative estimate of drug-likeness (QED) is 0.889. The molecule has 0 saturated carbocycles. The number of halogens is 3. The van der Waals surface area contributed by atoms with Crippen molar-refractivity contribution in [1.82, 2.24) is 15.2 Å². The van der Waals surface area contributed by atoms with E-state index in [-0.39, 0.29) is 23.4 Å². The van der Waals surface area contributed by atoms with E-state index in [1.807, 2.05) is 13.8 Å². The van der Waals surface area contributed by atoms with Crippen LogP contribution in [0.5, 0.6) is 0 Å². The first-order chi connectivity index (χ1) is 11.2. The number of piperidine rings is 1. The van der Waals surface area contributed by atoms with Crippen LogP contribution in [0.15, 0.2) is 4.42 Å². The van der Waals surface area contributed by atoms with Crippen LogP contribution < -0.4 is 5.32 Å². The molecule has 0 spiro atoms. The van der Waals surface area contributed by atoms with E-state index in [0.717, 1.165) is 6.42 Å². The lowest BCUT2D eigenvalue weighted by Crippen LogP contribution is -2.44. The van der Waals surface area contributed by atoms with Gasteiger partial charge in [0.2, 0.25) is 0 Å². The third-order valence-electron chi connectivity index (χ3n) is 4.08. The highest BCUT2D eigenvalue weighted by Crippen LogP contribution is 2.22. The van der Waals surface area contributed by atoms with E-state index in [0.29, 0.717) is 37.7 Å². The van der Waals surface area contributed by atoms with E-state index in [1.165, 1.54) is 4.90 Å². The largest absolute Gasteiger partial charge is 0.445 e. The lowest BCUT2D eigenvalue weighted by Gasteiger charge is -2.33. The number of nitrogens with one attached hydrogen (secondary N) is 1. The number of hydrogen-bond acceptors (Lipinski definition) is 4. The lowest BCUT2D eigenvalue weighted by atomic mass is 9.98. The summed E-state index contributed by atoms with van der Waals surface area (Å²) in [4.78, 5) is 17.8. The minimum Gasteiger partial charge on any atom is -0.445 e. The molecule has 8 heteroatoms. The number of likely N-dealkylation sites (tertiary alicyclic amines) is 1. The number of carbonyl (C=O) groups excluding carboxylic acids is 1. The molecular formula is C16H24F3N3O2. The monoisotopic (exact) mass is 347 g/mol. The molecule has 1 aliphatic rings. The summed E-state index contributed by atoms with van der Waals surface area (Å²) in [5.41, 5.74) is 0.252. The van der Waals surface area contributed by atoms with Gasteiger partial charge in [-0.25, -0.2) is 4.98 Å². The molecule has 1 fully saturated rings. The van der Waals surface area contributed by atoms with Gasteiger partial charge in [0.1, 0.15) is 5.76 Å². The number of nitrogens with zero attached hydrogens (tertiary/aromatic N) is 2. The molecule has 2 heterocycles. The van der Waals surface area contributed by atoms with Crippen molar-refractivity contribution in [1.29, 1.82) is 0 Å². The van der Waals surface area contributed by atoms with Crippen LogP contribution in [0, 0.1) is 12.8 Å². The molecule has 1 aliphatic heterocycles. The number of rotatable bonds is 5. The first-order valence-electron chi connectivity index (χ1n) is 8.20. The zero-order valence-corrected chi connectivity index (χ0v) is 14.2. The number of aromatic nitrogens is 1. The minimum atomic E-state index is -4.18. The molecule has 1 amide bonds. The molecule has 0 radical (unpaired) electrons. The predicted molar refractivity (Wildman–Crippen MR) is 82.9 cm³/mol. The summed E-state index contributed by atoms with van der Waals surface area (Å²) in [6.45, 7) is 5.76. The molecule has 0 aliphatic carbocycles. The number of hydrogen-bond donors (Lipinski definition) is 1. The van der Waals surface area contributed by atoms with Crippen LogP contribution in [0.4, 0.5) is 13.2 Å². The highest BCUT2D eigenvalue weighted by atomic mass is 19.4. The highest BCUT2D eigenvalue weighted by Gasteiger charge is 2.33. The fourth-order valence-corrected chi connectivity index (χ4v) is 2.91. The van der Waals surface area contributed by atoms with E-state index >= 15 is 0 Å². The van der Waals surface area contributed by atoms with Crippen molar-refractivity contribution in [2.24, 2.45) is 5.92 Å². The maximum atomic E-state index is 12.5. The fourth-order valence-electron chi connectivity index (χ4n) is 2.91. The second kappa shape index (κ2) is 7.55. The molecule has 24 heavy (non-hydrogen) atoms. The molecule has 1 aromatic heterocycles. The minimum absolute atomic E-state index is 0.0156. The van der Waals surface area contributed by atoms with Gasteiger partial charge in [-0.2, -0.15) is 13.2 Å². The van der Waals surface area contributed by atoms with Gasteiger partial charge in [0.15, 0.2) is 11.6 Å². The Morgan fingerprint density at radius 2 is 2.17 bits per heavy atom. The smallest absolute Gasteiger partial charge is 0.401 e. The van der Waals surface area contributed by atoms with Crippen molar-refractivity contribution in [2.75, 3.05) is 26.2 Å². The van der Waals surface area contributed by atoms with Crippen LogP contribution in [0.1, 0.15) is 54.7 Å². The summed E-state index contributed by atoms with van der Waals surface area (Å²) in [5.74, 6) is 0.725. The Hall–Kier alpha value is -1.57. The Labute approximate surface area is 139 Å². The third kappa shape index (κ3) is 5.22. The van der Waals surface area contributed by atoms with E-state index < -0.39 is 12.7 Å². The number of carbonyl (C=O) groups is 1.